The maximum Gasteiger partial charge on any atom is 0.335 e. The monoisotopic (exact) mass is 656 g/mol. The molecule has 1 N–H and O–H groups in total. The molecule has 2 bridgehead atoms. The van der Waals surface area contributed by atoms with Crippen LogP contribution in [0.15, 0.2) is 77.1 Å². The van der Waals surface area contributed by atoms with Crippen molar-refractivity contribution >= 4 is 23.3 Å². The van der Waals surface area contributed by atoms with Crippen molar-refractivity contribution in [3.8, 4) is 11.5 Å². The van der Waals surface area contributed by atoms with Crippen LogP contribution in [0.3, 0.4) is 0 Å². The highest BCUT2D eigenvalue weighted by molar-refractivity contribution is 6.35. The molecule has 1 saturated heterocycles. The summed E-state index contributed by atoms with van der Waals surface area (Å²) in [4.78, 5) is 57.6. The maximum atomic E-state index is 15.5. The molecule has 1 aliphatic heterocycles. The highest BCUT2D eigenvalue weighted by Crippen LogP contribution is 2.69. The van der Waals surface area contributed by atoms with Gasteiger partial charge in [-0.25, -0.2) is 4.79 Å². The van der Waals surface area contributed by atoms with Crippen molar-refractivity contribution in [3.05, 3.63) is 82.7 Å². The van der Waals surface area contributed by atoms with Crippen LogP contribution in [0.5, 0.6) is 11.5 Å². The Hall–Kier alpha value is -4.00. The van der Waals surface area contributed by atoms with Gasteiger partial charge in [-0.1, -0.05) is 55.4 Å². The van der Waals surface area contributed by atoms with Crippen LogP contribution in [0.2, 0.25) is 0 Å². The summed E-state index contributed by atoms with van der Waals surface area (Å²) in [6, 6.07) is 3.88. The summed E-state index contributed by atoms with van der Waals surface area (Å²) in [6.07, 6.45) is 9.66. The van der Waals surface area contributed by atoms with Crippen molar-refractivity contribution in [2.24, 2.45) is 28.1 Å². The van der Waals surface area contributed by atoms with Crippen LogP contribution in [0.4, 0.5) is 0 Å². The van der Waals surface area contributed by atoms with Crippen LogP contribution >= 0.6 is 0 Å². The van der Waals surface area contributed by atoms with E-state index in [1.807, 2.05) is 75.3 Å². The summed E-state index contributed by atoms with van der Waals surface area (Å²) < 4.78 is 12.1. The van der Waals surface area contributed by atoms with Gasteiger partial charge in [-0.2, -0.15) is 0 Å². The number of Topliss-reactive ketones (excluding diaryl/α,β-unsaturated/α-hetero) is 3. The maximum absolute atomic E-state index is 15.5. The predicted octanol–water partition coefficient (Wildman–Crippen LogP) is 8.98. The molecule has 3 aliphatic rings. The molecule has 48 heavy (non-hydrogen) atoms. The molecule has 1 saturated carbocycles. The summed E-state index contributed by atoms with van der Waals surface area (Å²) in [5.41, 5.74) is -1.15. The fraction of sp³-hybridized carbons (Fsp3) is 0.512. The standard InChI is InChI=1S/C41H52O7/c1-12-32(43)47-31-21-27(15-18-30(31)42)34(44)33-35(45)41(20-19-26(6)7)37(46)40(22-28(38(41,8)9)16-13-24(2)3)23-29(17-14-25(4)5)39(10,11)48-36(33)40/h12-15,18-19,21,28-29,42H,1,16-17,20,22-23H2,2-11H3/t28-,29+,40+,41+/m1/s1. The van der Waals surface area contributed by atoms with Crippen LogP contribution in [0.1, 0.15) is 112 Å². The van der Waals surface area contributed by atoms with Crippen LogP contribution in [0, 0.1) is 28.1 Å². The summed E-state index contributed by atoms with van der Waals surface area (Å²) in [5, 5.41) is 10.4. The number of carbonyl (C=O) groups excluding carboxylic acids is 4. The fourth-order valence-corrected chi connectivity index (χ4v) is 7.94. The van der Waals surface area contributed by atoms with Gasteiger partial charge in [0.15, 0.2) is 28.8 Å². The van der Waals surface area contributed by atoms with Gasteiger partial charge in [0.1, 0.15) is 22.3 Å². The van der Waals surface area contributed by atoms with E-state index in [4.69, 9.17) is 9.47 Å². The van der Waals surface area contributed by atoms with Gasteiger partial charge in [0.2, 0.25) is 0 Å². The van der Waals surface area contributed by atoms with Gasteiger partial charge in [0.25, 0.3) is 0 Å². The van der Waals surface area contributed by atoms with Crippen LogP contribution in [-0.2, 0) is 19.1 Å². The Bertz CT molecular complexity index is 1660. The molecule has 0 radical (unpaired) electrons. The van der Waals surface area contributed by atoms with E-state index in [1.165, 1.54) is 18.2 Å². The van der Waals surface area contributed by atoms with Crippen molar-refractivity contribution in [2.75, 3.05) is 0 Å². The first-order chi connectivity index (χ1) is 22.2. The van der Waals surface area contributed by atoms with E-state index in [0.717, 1.165) is 22.8 Å². The first kappa shape index (κ1) is 36.8. The smallest absolute Gasteiger partial charge is 0.335 e. The second kappa shape index (κ2) is 13.1. The van der Waals surface area contributed by atoms with Gasteiger partial charge in [0, 0.05) is 17.6 Å². The van der Waals surface area contributed by atoms with E-state index in [1.54, 1.807) is 0 Å². The molecule has 2 aliphatic carbocycles. The van der Waals surface area contributed by atoms with E-state index >= 15 is 9.59 Å². The molecule has 7 nitrogen and oxygen atoms in total. The molecule has 1 aromatic rings. The minimum absolute atomic E-state index is 0.0300. The average molecular weight is 657 g/mol. The zero-order valence-electron chi connectivity index (χ0n) is 30.3. The van der Waals surface area contributed by atoms with Gasteiger partial charge in [0.05, 0.1) is 5.41 Å². The summed E-state index contributed by atoms with van der Waals surface area (Å²) >= 11 is 0. The molecule has 4 rings (SSSR count). The number of esters is 1. The SMILES string of the molecule is C=CC(=O)Oc1cc(C(=O)C2=C3OC(C)(C)[C@@H](CC=C(C)C)C[C@@]34C[C@@H](CC=C(C)C)C(C)(C)[C@@](CC=C(C)C)(C2=O)C4=O)ccc1O. The number of hydrogen-bond donors (Lipinski definition) is 1. The zero-order chi connectivity index (χ0) is 36.0. The van der Waals surface area contributed by atoms with Crippen LogP contribution < -0.4 is 4.74 Å². The Balaban J connectivity index is 2.08. The summed E-state index contributed by atoms with van der Waals surface area (Å²) in [7, 11) is 0. The number of fused-ring (bicyclic) bond motifs is 1. The van der Waals surface area contributed by atoms with E-state index in [-0.39, 0.29) is 52.4 Å². The number of hydrogen-bond acceptors (Lipinski definition) is 7. The number of ketones is 3. The number of phenolic OH excluding ortho intramolecular Hbond substituents is 1. The molecule has 258 valence electrons. The van der Waals surface area contributed by atoms with Gasteiger partial charge < -0.3 is 14.6 Å². The topological polar surface area (TPSA) is 107 Å². The molecule has 4 atom stereocenters. The number of ether oxygens (including phenoxy) is 2. The highest BCUT2D eigenvalue weighted by atomic mass is 16.5. The van der Waals surface area contributed by atoms with E-state index in [2.05, 4.69) is 18.7 Å². The number of aromatic hydroxyl groups is 1. The minimum atomic E-state index is -1.53. The Labute approximate surface area is 285 Å². The number of benzene rings is 1. The lowest BCUT2D eigenvalue weighted by Gasteiger charge is -2.64. The molecule has 1 heterocycles. The quantitative estimate of drug-likeness (QED) is 0.0509. The first-order valence-electron chi connectivity index (χ1n) is 16.9. The van der Waals surface area contributed by atoms with Crippen LogP contribution in [-0.4, -0.2) is 34.0 Å². The Kier molecular flexibility index (Phi) is 10.1. The third-order valence-corrected chi connectivity index (χ3v) is 11.0. The van der Waals surface area contributed by atoms with E-state index < -0.39 is 39.4 Å². The molecule has 0 amide bonds. The van der Waals surface area contributed by atoms with Gasteiger partial charge in [-0.05, 0) is 117 Å². The predicted molar refractivity (Wildman–Crippen MR) is 187 cm³/mol. The number of phenols is 1. The first-order valence-corrected chi connectivity index (χ1v) is 16.9. The summed E-state index contributed by atoms with van der Waals surface area (Å²) in [6.45, 7) is 23.4. The van der Waals surface area contributed by atoms with E-state index in [9.17, 15) is 14.7 Å². The average Bonchev–Trinajstić information content (AvgIpc) is 2.99. The highest BCUT2D eigenvalue weighted by Gasteiger charge is 2.74. The lowest BCUT2D eigenvalue weighted by molar-refractivity contribution is -0.188. The van der Waals surface area contributed by atoms with Crippen molar-refractivity contribution in [2.45, 2.75) is 107 Å². The molecular formula is C41H52O7. The summed E-state index contributed by atoms with van der Waals surface area (Å²) in [5.74, 6) is -2.69. The van der Waals surface area contributed by atoms with Gasteiger partial charge >= 0.3 is 5.97 Å². The fourth-order valence-electron chi connectivity index (χ4n) is 7.94. The molecule has 2 fully saturated rings. The van der Waals surface area contributed by atoms with E-state index in [0.29, 0.717) is 25.7 Å². The Morgan fingerprint density at radius 3 is 2.04 bits per heavy atom. The normalized spacial score (nSPS) is 26.8. The lowest BCUT2D eigenvalue weighted by Crippen LogP contribution is -2.69. The molecular weight excluding hydrogens is 604 g/mol. The molecule has 0 aromatic heterocycles. The Morgan fingerprint density at radius 1 is 0.917 bits per heavy atom. The number of allylic oxidation sites excluding steroid dienone is 8. The van der Waals surface area contributed by atoms with Gasteiger partial charge in [-0.3, -0.25) is 14.4 Å². The lowest BCUT2D eigenvalue weighted by atomic mass is 9.39. The third-order valence-electron chi connectivity index (χ3n) is 11.0. The van der Waals surface area contributed by atoms with Crippen molar-refractivity contribution in [1.82, 2.24) is 0 Å². The minimum Gasteiger partial charge on any atom is -0.504 e. The second-order valence-electron chi connectivity index (χ2n) is 15.7. The Morgan fingerprint density at radius 2 is 1.48 bits per heavy atom. The number of carbonyl (C=O) groups is 4. The largest absolute Gasteiger partial charge is 0.504 e. The van der Waals surface area contributed by atoms with Gasteiger partial charge in [-0.15, -0.1) is 0 Å². The van der Waals surface area contributed by atoms with Crippen LogP contribution in [0.25, 0.3) is 0 Å². The third kappa shape index (κ3) is 6.17. The molecule has 0 unspecified atom stereocenters. The zero-order valence-corrected chi connectivity index (χ0v) is 30.3. The van der Waals surface area contributed by atoms with Crippen molar-refractivity contribution in [3.63, 3.8) is 0 Å². The van der Waals surface area contributed by atoms with Crippen molar-refractivity contribution < 1.29 is 33.8 Å². The number of rotatable bonds is 10. The molecule has 1 spiro atoms. The molecule has 7 heteroatoms. The second-order valence-corrected chi connectivity index (χ2v) is 15.7. The van der Waals surface area contributed by atoms with Crippen molar-refractivity contribution in [1.29, 1.82) is 0 Å². The molecule has 1 aromatic carbocycles.